The van der Waals surface area contributed by atoms with Crippen LogP contribution >= 0.6 is 27.5 Å². The lowest BCUT2D eigenvalue weighted by atomic mass is 9.71. The molecule has 1 fully saturated rings. The fourth-order valence-electron chi connectivity index (χ4n) is 2.75. The highest BCUT2D eigenvalue weighted by Gasteiger charge is 2.43. The van der Waals surface area contributed by atoms with E-state index in [4.69, 9.17) is 11.6 Å². The molecule has 1 saturated carbocycles. The number of aliphatic carboxylic acids is 1. The Balaban J connectivity index is 2.19. The van der Waals surface area contributed by atoms with Gasteiger partial charge in [0.1, 0.15) is 0 Å². The first kappa shape index (κ1) is 16.3. The zero-order valence-electron chi connectivity index (χ0n) is 11.7. The smallest absolute Gasteiger partial charge is 0.311 e. The predicted molar refractivity (Wildman–Crippen MR) is 84.6 cm³/mol. The number of nitrogens with one attached hydrogen (secondary N) is 1. The lowest BCUT2D eigenvalue weighted by molar-refractivity contribution is -0.151. The van der Waals surface area contributed by atoms with E-state index in [2.05, 4.69) is 21.2 Å². The molecular formula is C15H17BrClNO3. The van der Waals surface area contributed by atoms with E-state index in [9.17, 15) is 14.7 Å². The number of carbonyl (C=O) groups excluding carboxylic acids is 1. The van der Waals surface area contributed by atoms with Crippen molar-refractivity contribution in [2.45, 2.75) is 38.6 Å². The standard InChI is InChI=1S/C15H17BrClNO3/c1-15(14(20)21)5-3-2-4-12(15)18-13(19)9-6-10(16)8-11(17)7-9/h6-8,12H,2-5H2,1H3,(H,18,19)(H,20,21). The van der Waals surface area contributed by atoms with Gasteiger partial charge in [0.05, 0.1) is 5.41 Å². The van der Waals surface area contributed by atoms with Crippen molar-refractivity contribution >= 4 is 39.4 Å². The molecular weight excluding hydrogens is 358 g/mol. The minimum Gasteiger partial charge on any atom is -0.481 e. The molecule has 1 aromatic rings. The van der Waals surface area contributed by atoms with Crippen LogP contribution in [0.4, 0.5) is 0 Å². The van der Waals surface area contributed by atoms with Crippen LogP contribution in [0.25, 0.3) is 0 Å². The zero-order chi connectivity index (χ0) is 15.6. The van der Waals surface area contributed by atoms with E-state index in [1.54, 1.807) is 25.1 Å². The van der Waals surface area contributed by atoms with Crippen LogP contribution in [0.5, 0.6) is 0 Å². The Morgan fingerprint density at radius 1 is 1.38 bits per heavy atom. The monoisotopic (exact) mass is 373 g/mol. The zero-order valence-corrected chi connectivity index (χ0v) is 14.0. The lowest BCUT2D eigenvalue weighted by Crippen LogP contribution is -2.52. The molecule has 2 N–H and O–H groups in total. The Morgan fingerprint density at radius 3 is 2.71 bits per heavy atom. The van der Waals surface area contributed by atoms with Gasteiger partial charge in [0.15, 0.2) is 0 Å². The number of hydrogen-bond acceptors (Lipinski definition) is 2. The van der Waals surface area contributed by atoms with Crippen LogP contribution in [0, 0.1) is 5.41 Å². The van der Waals surface area contributed by atoms with E-state index in [0.29, 0.717) is 27.9 Å². The van der Waals surface area contributed by atoms with Gasteiger partial charge in [-0.2, -0.15) is 0 Å². The molecule has 2 atom stereocenters. The first-order valence-electron chi connectivity index (χ1n) is 6.83. The van der Waals surface area contributed by atoms with E-state index >= 15 is 0 Å². The van der Waals surface area contributed by atoms with Crippen LogP contribution in [0.15, 0.2) is 22.7 Å². The summed E-state index contributed by atoms with van der Waals surface area (Å²) in [5, 5.41) is 12.8. The van der Waals surface area contributed by atoms with Crippen LogP contribution in [-0.2, 0) is 4.79 Å². The van der Waals surface area contributed by atoms with Gasteiger partial charge in [-0.1, -0.05) is 40.4 Å². The summed E-state index contributed by atoms with van der Waals surface area (Å²) in [5.74, 6) is -1.16. The van der Waals surface area contributed by atoms with Crippen molar-refractivity contribution in [2.75, 3.05) is 0 Å². The Labute approximate surface area is 137 Å². The maximum Gasteiger partial charge on any atom is 0.311 e. The van der Waals surface area contributed by atoms with Crippen molar-refractivity contribution in [1.82, 2.24) is 5.32 Å². The van der Waals surface area contributed by atoms with E-state index in [1.165, 1.54) is 0 Å². The summed E-state index contributed by atoms with van der Waals surface area (Å²) in [6, 6.07) is 4.57. The second-order valence-corrected chi connectivity index (χ2v) is 7.00. The van der Waals surface area contributed by atoms with Gasteiger partial charge in [-0.3, -0.25) is 9.59 Å². The van der Waals surface area contributed by atoms with E-state index in [0.717, 1.165) is 12.8 Å². The average molecular weight is 375 g/mol. The average Bonchev–Trinajstić information content (AvgIpc) is 2.40. The third-order valence-electron chi connectivity index (χ3n) is 4.13. The number of carboxylic acid groups (broad SMARTS) is 1. The van der Waals surface area contributed by atoms with Gasteiger partial charge in [0, 0.05) is 21.1 Å². The maximum atomic E-state index is 12.3. The summed E-state index contributed by atoms with van der Waals surface area (Å²) < 4.78 is 0.713. The lowest BCUT2D eigenvalue weighted by Gasteiger charge is -2.38. The van der Waals surface area contributed by atoms with Gasteiger partial charge >= 0.3 is 5.97 Å². The molecule has 0 aliphatic heterocycles. The topological polar surface area (TPSA) is 66.4 Å². The number of hydrogen-bond donors (Lipinski definition) is 2. The maximum absolute atomic E-state index is 12.3. The quantitative estimate of drug-likeness (QED) is 0.844. The summed E-state index contributed by atoms with van der Waals surface area (Å²) in [7, 11) is 0. The van der Waals surface area contributed by atoms with Gasteiger partial charge in [-0.15, -0.1) is 0 Å². The number of halogens is 2. The molecule has 2 unspecified atom stereocenters. The van der Waals surface area contributed by atoms with Crippen LogP contribution in [0.1, 0.15) is 43.0 Å². The SMILES string of the molecule is CC1(C(=O)O)CCCCC1NC(=O)c1cc(Cl)cc(Br)c1. The highest BCUT2D eigenvalue weighted by Crippen LogP contribution is 2.36. The number of amides is 1. The molecule has 2 rings (SSSR count). The Morgan fingerprint density at radius 2 is 2.10 bits per heavy atom. The minimum absolute atomic E-state index is 0.294. The highest BCUT2D eigenvalue weighted by molar-refractivity contribution is 9.10. The van der Waals surface area contributed by atoms with Crippen molar-refractivity contribution < 1.29 is 14.7 Å². The van der Waals surface area contributed by atoms with Crippen molar-refractivity contribution in [3.8, 4) is 0 Å². The van der Waals surface area contributed by atoms with Crippen molar-refractivity contribution in [3.05, 3.63) is 33.3 Å². The van der Waals surface area contributed by atoms with Gasteiger partial charge in [0.25, 0.3) is 5.91 Å². The molecule has 6 heteroatoms. The second-order valence-electron chi connectivity index (χ2n) is 5.65. The molecule has 0 radical (unpaired) electrons. The van der Waals surface area contributed by atoms with Crippen LogP contribution < -0.4 is 5.32 Å². The van der Waals surface area contributed by atoms with Gasteiger partial charge < -0.3 is 10.4 Å². The van der Waals surface area contributed by atoms with Crippen molar-refractivity contribution in [2.24, 2.45) is 5.41 Å². The molecule has 4 nitrogen and oxygen atoms in total. The van der Waals surface area contributed by atoms with E-state index in [1.807, 2.05) is 0 Å². The largest absolute Gasteiger partial charge is 0.481 e. The highest BCUT2D eigenvalue weighted by atomic mass is 79.9. The molecule has 0 bridgehead atoms. The molecule has 114 valence electrons. The molecule has 0 heterocycles. The normalized spacial score (nSPS) is 25.4. The summed E-state index contributed by atoms with van der Waals surface area (Å²) >= 11 is 9.23. The first-order valence-corrected chi connectivity index (χ1v) is 8.00. The summed E-state index contributed by atoms with van der Waals surface area (Å²) in [6.45, 7) is 1.70. The van der Waals surface area contributed by atoms with Crippen LogP contribution in [0.3, 0.4) is 0 Å². The fraction of sp³-hybridized carbons (Fsp3) is 0.467. The fourth-order valence-corrected chi connectivity index (χ4v) is 3.61. The molecule has 1 aromatic carbocycles. The second kappa shape index (κ2) is 6.36. The van der Waals surface area contributed by atoms with E-state index in [-0.39, 0.29) is 11.9 Å². The van der Waals surface area contributed by atoms with Crippen molar-refractivity contribution in [1.29, 1.82) is 0 Å². The molecule has 0 saturated heterocycles. The Bertz CT molecular complexity index is 558. The third-order valence-corrected chi connectivity index (χ3v) is 4.80. The molecule has 0 spiro atoms. The number of carboxylic acids is 1. The Kier molecular flexibility index (Phi) is 4.94. The molecule has 1 amide bonds. The van der Waals surface area contributed by atoms with Crippen LogP contribution in [0.2, 0.25) is 5.02 Å². The molecule has 21 heavy (non-hydrogen) atoms. The van der Waals surface area contributed by atoms with Gasteiger partial charge in [0.2, 0.25) is 0 Å². The molecule has 1 aliphatic carbocycles. The number of carbonyl (C=O) groups is 2. The summed E-state index contributed by atoms with van der Waals surface area (Å²) in [6.07, 6.45) is 3.05. The molecule has 1 aliphatic rings. The first-order chi connectivity index (χ1) is 9.83. The number of rotatable bonds is 3. The van der Waals surface area contributed by atoms with Gasteiger partial charge in [-0.25, -0.2) is 0 Å². The van der Waals surface area contributed by atoms with Crippen LogP contribution in [-0.4, -0.2) is 23.0 Å². The van der Waals surface area contributed by atoms with E-state index < -0.39 is 11.4 Å². The van der Waals surface area contributed by atoms with Gasteiger partial charge in [-0.05, 0) is 38.0 Å². The number of benzene rings is 1. The Hall–Kier alpha value is -1.07. The summed E-state index contributed by atoms with van der Waals surface area (Å²) in [4.78, 5) is 23.9. The minimum atomic E-state index is -0.913. The third kappa shape index (κ3) is 3.58. The summed E-state index contributed by atoms with van der Waals surface area (Å²) in [5.41, 5.74) is -0.489. The molecule has 0 aromatic heterocycles. The predicted octanol–water partition coefficient (Wildman–Crippen LogP) is 3.87. The van der Waals surface area contributed by atoms with Crippen molar-refractivity contribution in [3.63, 3.8) is 0 Å².